The molecule has 1 saturated heterocycles. The second-order valence-electron chi connectivity index (χ2n) is 5.02. The van der Waals surface area contributed by atoms with E-state index in [1.165, 1.54) is 38.8 Å². The van der Waals surface area contributed by atoms with Crippen LogP contribution in [0.1, 0.15) is 38.3 Å². The number of nitrogens with one attached hydrogen (secondary N) is 1. The highest BCUT2D eigenvalue weighted by atomic mass is 15.3. The monoisotopic (exact) mass is 249 g/mol. The Morgan fingerprint density at radius 1 is 1.33 bits per heavy atom. The number of aromatic nitrogens is 2. The fourth-order valence-corrected chi connectivity index (χ4v) is 2.53. The van der Waals surface area contributed by atoms with Crippen molar-refractivity contribution in [3.63, 3.8) is 0 Å². The van der Waals surface area contributed by atoms with Gasteiger partial charge in [0.15, 0.2) is 5.82 Å². The molecule has 1 unspecified atom stereocenters. The van der Waals surface area contributed by atoms with Crippen molar-refractivity contribution in [3.8, 4) is 0 Å². The zero-order chi connectivity index (χ0) is 12.8. The summed E-state index contributed by atoms with van der Waals surface area (Å²) in [5.41, 5.74) is 3.51. The lowest BCUT2D eigenvalue weighted by molar-refractivity contribution is 0.268. The molecule has 1 fully saturated rings. The Bertz CT molecular complexity index is 351. The Morgan fingerprint density at radius 2 is 2.22 bits per heavy atom. The van der Waals surface area contributed by atoms with Gasteiger partial charge in [0.2, 0.25) is 0 Å². The van der Waals surface area contributed by atoms with Gasteiger partial charge in [-0.3, -0.25) is 9.88 Å². The third kappa shape index (κ3) is 3.65. The van der Waals surface area contributed by atoms with Gasteiger partial charge < -0.3 is 5.43 Å². The molecule has 0 aromatic carbocycles. The van der Waals surface area contributed by atoms with Gasteiger partial charge in [-0.25, -0.2) is 10.8 Å². The first-order valence-electron chi connectivity index (χ1n) is 6.81. The van der Waals surface area contributed by atoms with Crippen LogP contribution in [0.4, 0.5) is 5.82 Å². The molecule has 2 heterocycles. The maximum absolute atomic E-state index is 5.27. The third-order valence-corrected chi connectivity index (χ3v) is 3.76. The molecule has 2 rings (SSSR count). The molecule has 5 heteroatoms. The number of likely N-dealkylation sites (tertiary alicyclic amines) is 1. The predicted octanol–water partition coefficient (Wildman–Crippen LogP) is 1.77. The van der Waals surface area contributed by atoms with Crippen LogP contribution in [-0.2, 0) is 6.54 Å². The molecule has 0 spiro atoms. The summed E-state index contributed by atoms with van der Waals surface area (Å²) in [5.74, 6) is 6.79. The van der Waals surface area contributed by atoms with E-state index < -0.39 is 0 Å². The lowest BCUT2D eigenvalue weighted by Crippen LogP contribution is -2.25. The molecule has 0 saturated carbocycles. The Labute approximate surface area is 109 Å². The molecule has 1 aromatic rings. The standard InChI is InChI=1S/C13H23N5/c1-2-11-4-3-6-18(7-5-11)10-12-8-16-13(17-14)9-15-12/h8-9,11H,2-7,10,14H2,1H3,(H,16,17). The molecule has 100 valence electrons. The van der Waals surface area contributed by atoms with Crippen molar-refractivity contribution in [1.82, 2.24) is 14.9 Å². The first kappa shape index (κ1) is 13.2. The molecule has 18 heavy (non-hydrogen) atoms. The number of nitrogens with two attached hydrogens (primary N) is 1. The summed E-state index contributed by atoms with van der Waals surface area (Å²) in [7, 11) is 0. The number of hydrogen-bond acceptors (Lipinski definition) is 5. The zero-order valence-electron chi connectivity index (χ0n) is 11.1. The van der Waals surface area contributed by atoms with E-state index in [0.29, 0.717) is 5.82 Å². The van der Waals surface area contributed by atoms with E-state index in [1.807, 2.05) is 0 Å². The summed E-state index contributed by atoms with van der Waals surface area (Å²) in [4.78, 5) is 11.0. The van der Waals surface area contributed by atoms with E-state index in [0.717, 1.165) is 18.2 Å². The van der Waals surface area contributed by atoms with E-state index in [1.54, 1.807) is 12.4 Å². The maximum Gasteiger partial charge on any atom is 0.158 e. The topological polar surface area (TPSA) is 67.1 Å². The molecule has 1 aromatic heterocycles. The number of nitrogens with zero attached hydrogens (tertiary/aromatic N) is 3. The summed E-state index contributed by atoms with van der Waals surface area (Å²) >= 11 is 0. The highest BCUT2D eigenvalue weighted by molar-refractivity contribution is 5.28. The maximum atomic E-state index is 5.27. The van der Waals surface area contributed by atoms with Gasteiger partial charge >= 0.3 is 0 Å². The summed E-state index contributed by atoms with van der Waals surface area (Å²) in [5, 5.41) is 0. The molecule has 0 bridgehead atoms. The molecule has 0 amide bonds. The zero-order valence-corrected chi connectivity index (χ0v) is 11.1. The lowest BCUT2D eigenvalue weighted by Gasteiger charge is -2.19. The summed E-state index contributed by atoms with van der Waals surface area (Å²) in [6.07, 6.45) is 8.78. The first-order valence-corrected chi connectivity index (χ1v) is 6.81. The van der Waals surface area contributed by atoms with Crippen molar-refractivity contribution in [1.29, 1.82) is 0 Å². The summed E-state index contributed by atoms with van der Waals surface area (Å²) < 4.78 is 0. The fourth-order valence-electron chi connectivity index (χ4n) is 2.53. The van der Waals surface area contributed by atoms with Crippen LogP contribution >= 0.6 is 0 Å². The van der Waals surface area contributed by atoms with E-state index in [2.05, 4.69) is 27.2 Å². The minimum atomic E-state index is 0.612. The average molecular weight is 249 g/mol. The quantitative estimate of drug-likeness (QED) is 0.629. The predicted molar refractivity (Wildman–Crippen MR) is 72.8 cm³/mol. The Balaban J connectivity index is 1.88. The fraction of sp³-hybridized carbons (Fsp3) is 0.692. The first-order chi connectivity index (χ1) is 8.81. The van der Waals surface area contributed by atoms with Crippen molar-refractivity contribution < 1.29 is 0 Å². The van der Waals surface area contributed by atoms with Crippen LogP contribution < -0.4 is 11.3 Å². The van der Waals surface area contributed by atoms with Crippen LogP contribution in [0, 0.1) is 5.92 Å². The minimum absolute atomic E-state index is 0.612. The molecule has 0 radical (unpaired) electrons. The smallest absolute Gasteiger partial charge is 0.158 e. The van der Waals surface area contributed by atoms with Gasteiger partial charge in [-0.1, -0.05) is 13.3 Å². The Hall–Kier alpha value is -1.20. The van der Waals surface area contributed by atoms with Crippen molar-refractivity contribution in [3.05, 3.63) is 18.1 Å². The molecule has 1 aliphatic rings. The van der Waals surface area contributed by atoms with Crippen molar-refractivity contribution in [2.45, 2.75) is 39.2 Å². The number of anilines is 1. The Morgan fingerprint density at radius 3 is 2.89 bits per heavy atom. The highest BCUT2D eigenvalue weighted by Crippen LogP contribution is 2.20. The normalized spacial score (nSPS) is 21.6. The van der Waals surface area contributed by atoms with Gasteiger partial charge in [0, 0.05) is 6.54 Å². The number of nitrogen functional groups attached to an aromatic ring is 1. The van der Waals surface area contributed by atoms with Crippen LogP contribution in [0.25, 0.3) is 0 Å². The SMILES string of the molecule is CCC1CCCN(Cc2cnc(NN)cn2)CC1. The van der Waals surface area contributed by atoms with Gasteiger partial charge in [-0.15, -0.1) is 0 Å². The van der Waals surface area contributed by atoms with Crippen LogP contribution in [-0.4, -0.2) is 28.0 Å². The highest BCUT2D eigenvalue weighted by Gasteiger charge is 2.16. The van der Waals surface area contributed by atoms with Gasteiger partial charge in [0.1, 0.15) is 0 Å². The van der Waals surface area contributed by atoms with Crippen molar-refractivity contribution >= 4 is 5.82 Å². The van der Waals surface area contributed by atoms with Crippen LogP contribution in [0.5, 0.6) is 0 Å². The van der Waals surface area contributed by atoms with E-state index in [9.17, 15) is 0 Å². The molecule has 3 N–H and O–H groups in total. The third-order valence-electron chi connectivity index (χ3n) is 3.76. The largest absolute Gasteiger partial charge is 0.307 e. The Kier molecular flexibility index (Phi) is 4.90. The molecule has 1 aliphatic heterocycles. The van der Waals surface area contributed by atoms with E-state index >= 15 is 0 Å². The van der Waals surface area contributed by atoms with Crippen LogP contribution in [0.15, 0.2) is 12.4 Å². The van der Waals surface area contributed by atoms with Crippen LogP contribution in [0.2, 0.25) is 0 Å². The molecular weight excluding hydrogens is 226 g/mol. The summed E-state index contributed by atoms with van der Waals surface area (Å²) in [6, 6.07) is 0. The molecular formula is C13H23N5. The molecule has 5 nitrogen and oxygen atoms in total. The molecule has 1 atom stereocenters. The van der Waals surface area contributed by atoms with Gasteiger partial charge in [-0.05, 0) is 38.3 Å². The minimum Gasteiger partial charge on any atom is -0.307 e. The van der Waals surface area contributed by atoms with Gasteiger partial charge in [-0.2, -0.15) is 0 Å². The summed E-state index contributed by atoms with van der Waals surface area (Å²) in [6.45, 7) is 5.55. The molecule has 0 aliphatic carbocycles. The number of rotatable bonds is 4. The van der Waals surface area contributed by atoms with Gasteiger partial charge in [0.05, 0.1) is 18.1 Å². The number of hydrazine groups is 1. The van der Waals surface area contributed by atoms with Crippen molar-refractivity contribution in [2.75, 3.05) is 18.5 Å². The second-order valence-corrected chi connectivity index (χ2v) is 5.02. The van der Waals surface area contributed by atoms with E-state index in [-0.39, 0.29) is 0 Å². The van der Waals surface area contributed by atoms with Crippen LogP contribution in [0.3, 0.4) is 0 Å². The second kappa shape index (κ2) is 6.66. The van der Waals surface area contributed by atoms with Crippen molar-refractivity contribution in [2.24, 2.45) is 11.8 Å². The van der Waals surface area contributed by atoms with E-state index in [4.69, 9.17) is 5.84 Å². The average Bonchev–Trinajstić information content (AvgIpc) is 2.65. The lowest BCUT2D eigenvalue weighted by atomic mass is 9.98. The number of hydrogen-bond donors (Lipinski definition) is 2. The van der Waals surface area contributed by atoms with Gasteiger partial charge in [0.25, 0.3) is 0 Å².